The average Bonchev–Trinajstić information content (AvgIpc) is 3.36. The van der Waals surface area contributed by atoms with Crippen LogP contribution in [0.2, 0.25) is 0 Å². The Labute approximate surface area is 173 Å². The molecular weight excluding hydrogens is 390 g/mol. The minimum Gasteiger partial charge on any atom is -0.338 e. The minimum absolute atomic E-state index is 0.145. The molecule has 5 nitrogen and oxygen atoms in total. The van der Waals surface area contributed by atoms with Crippen LogP contribution in [-0.2, 0) is 16.1 Å². The summed E-state index contributed by atoms with van der Waals surface area (Å²) in [5.74, 6) is 1.03. The maximum Gasteiger partial charge on any atom is 0.246 e. The standard InChI is InChI=1S/C21H25N3O2S2/c1-21-7-6-19(25)24(21)17(14-28-21)20(26)23-10-8-22(9-11-23)12-15-13-27-18-5-3-2-4-16(15)18/h2-5,13,17H,6-12,14H2,1H3. The van der Waals surface area contributed by atoms with Gasteiger partial charge in [-0.1, -0.05) is 18.2 Å². The molecule has 5 rings (SSSR count). The fourth-order valence-electron chi connectivity index (χ4n) is 4.74. The molecule has 2 unspecified atom stereocenters. The van der Waals surface area contributed by atoms with E-state index in [9.17, 15) is 9.59 Å². The highest BCUT2D eigenvalue weighted by molar-refractivity contribution is 8.01. The number of thioether (sulfide) groups is 1. The Bertz CT molecular complexity index is 921. The van der Waals surface area contributed by atoms with E-state index in [0.717, 1.165) is 44.9 Å². The zero-order valence-corrected chi connectivity index (χ0v) is 17.7. The van der Waals surface area contributed by atoms with E-state index in [1.165, 1.54) is 15.6 Å². The Kier molecular flexibility index (Phi) is 4.64. The van der Waals surface area contributed by atoms with Crippen LogP contribution in [0.25, 0.3) is 10.1 Å². The number of rotatable bonds is 3. The van der Waals surface area contributed by atoms with Gasteiger partial charge in [0.25, 0.3) is 0 Å². The van der Waals surface area contributed by atoms with Gasteiger partial charge in [-0.3, -0.25) is 14.5 Å². The highest BCUT2D eigenvalue weighted by Crippen LogP contribution is 2.47. The van der Waals surface area contributed by atoms with Crippen molar-refractivity contribution in [3.63, 3.8) is 0 Å². The molecule has 4 heterocycles. The molecule has 3 saturated heterocycles. The van der Waals surface area contributed by atoms with Crippen molar-refractivity contribution in [2.45, 2.75) is 37.2 Å². The quantitative estimate of drug-likeness (QED) is 0.773. The first-order valence-corrected chi connectivity index (χ1v) is 11.8. The van der Waals surface area contributed by atoms with Gasteiger partial charge in [0.05, 0.1) is 4.87 Å². The molecule has 7 heteroatoms. The summed E-state index contributed by atoms with van der Waals surface area (Å²) in [5.41, 5.74) is 1.38. The van der Waals surface area contributed by atoms with E-state index in [1.807, 2.05) is 9.80 Å². The molecule has 1 aromatic carbocycles. The Balaban J connectivity index is 1.21. The number of carbonyl (C=O) groups excluding carboxylic acids is 2. The van der Waals surface area contributed by atoms with E-state index in [1.54, 1.807) is 23.1 Å². The highest BCUT2D eigenvalue weighted by atomic mass is 32.2. The van der Waals surface area contributed by atoms with Crippen molar-refractivity contribution < 1.29 is 9.59 Å². The largest absolute Gasteiger partial charge is 0.338 e. The zero-order chi connectivity index (χ0) is 19.3. The van der Waals surface area contributed by atoms with Crippen LogP contribution in [0.5, 0.6) is 0 Å². The molecule has 2 atom stereocenters. The molecule has 2 amide bonds. The van der Waals surface area contributed by atoms with Crippen LogP contribution in [0.3, 0.4) is 0 Å². The summed E-state index contributed by atoms with van der Waals surface area (Å²) in [4.78, 5) is 31.6. The summed E-state index contributed by atoms with van der Waals surface area (Å²) in [7, 11) is 0. The third-order valence-electron chi connectivity index (χ3n) is 6.37. The summed E-state index contributed by atoms with van der Waals surface area (Å²) < 4.78 is 1.34. The van der Waals surface area contributed by atoms with Gasteiger partial charge in [0.2, 0.25) is 11.8 Å². The molecule has 0 radical (unpaired) electrons. The first kappa shape index (κ1) is 18.5. The molecular formula is C21H25N3O2S2. The predicted molar refractivity (Wildman–Crippen MR) is 114 cm³/mol. The van der Waals surface area contributed by atoms with Gasteiger partial charge >= 0.3 is 0 Å². The van der Waals surface area contributed by atoms with Gasteiger partial charge in [-0.15, -0.1) is 23.1 Å². The van der Waals surface area contributed by atoms with Gasteiger partial charge < -0.3 is 9.80 Å². The summed E-state index contributed by atoms with van der Waals surface area (Å²) in [6, 6.07) is 8.29. The van der Waals surface area contributed by atoms with Crippen molar-refractivity contribution in [1.82, 2.24) is 14.7 Å². The number of fused-ring (bicyclic) bond motifs is 2. The lowest BCUT2D eigenvalue weighted by atomic mass is 10.1. The number of amides is 2. The van der Waals surface area contributed by atoms with Gasteiger partial charge in [-0.25, -0.2) is 0 Å². The number of hydrogen-bond acceptors (Lipinski definition) is 5. The second-order valence-electron chi connectivity index (χ2n) is 8.12. The lowest BCUT2D eigenvalue weighted by molar-refractivity contribution is -0.144. The fourth-order valence-corrected chi connectivity index (χ4v) is 7.11. The minimum atomic E-state index is -0.266. The van der Waals surface area contributed by atoms with Crippen LogP contribution in [-0.4, -0.2) is 69.4 Å². The monoisotopic (exact) mass is 415 g/mol. The number of hydrogen-bond donors (Lipinski definition) is 0. The Morgan fingerprint density at radius 3 is 2.82 bits per heavy atom. The third-order valence-corrected chi connectivity index (χ3v) is 8.89. The van der Waals surface area contributed by atoms with Crippen molar-refractivity contribution >= 4 is 45.0 Å². The molecule has 2 aromatic rings. The number of piperazine rings is 1. The lowest BCUT2D eigenvalue weighted by Gasteiger charge is -2.38. The van der Waals surface area contributed by atoms with Gasteiger partial charge in [0.15, 0.2) is 0 Å². The van der Waals surface area contributed by atoms with E-state index in [2.05, 4.69) is 41.5 Å². The van der Waals surface area contributed by atoms with Crippen molar-refractivity contribution in [2.24, 2.45) is 0 Å². The summed E-state index contributed by atoms with van der Waals surface area (Å²) in [6.07, 6.45) is 1.44. The summed E-state index contributed by atoms with van der Waals surface area (Å²) in [6.45, 7) is 6.33. The van der Waals surface area contributed by atoms with Crippen molar-refractivity contribution in [1.29, 1.82) is 0 Å². The summed E-state index contributed by atoms with van der Waals surface area (Å²) >= 11 is 3.57. The Morgan fingerprint density at radius 1 is 1.21 bits per heavy atom. The Morgan fingerprint density at radius 2 is 2.00 bits per heavy atom. The SMILES string of the molecule is CC12CCC(=O)N1C(C(=O)N1CCN(Cc3csc4ccccc34)CC1)CS2. The second-order valence-corrected chi connectivity index (χ2v) is 10.5. The smallest absolute Gasteiger partial charge is 0.246 e. The lowest BCUT2D eigenvalue weighted by Crippen LogP contribution is -2.56. The van der Waals surface area contributed by atoms with E-state index in [0.29, 0.717) is 6.42 Å². The zero-order valence-electron chi connectivity index (χ0n) is 16.1. The molecule has 148 valence electrons. The average molecular weight is 416 g/mol. The number of benzene rings is 1. The van der Waals surface area contributed by atoms with Crippen LogP contribution < -0.4 is 0 Å². The number of nitrogens with zero attached hydrogens (tertiary/aromatic N) is 3. The number of carbonyl (C=O) groups is 2. The highest BCUT2D eigenvalue weighted by Gasteiger charge is 2.53. The molecule has 0 spiro atoms. The topological polar surface area (TPSA) is 43.9 Å². The molecule has 0 saturated carbocycles. The van der Waals surface area contributed by atoms with Crippen molar-refractivity contribution in [3.8, 4) is 0 Å². The van der Waals surface area contributed by atoms with Crippen LogP contribution in [0.4, 0.5) is 0 Å². The molecule has 28 heavy (non-hydrogen) atoms. The maximum atomic E-state index is 13.1. The number of thiophene rings is 1. The fraction of sp³-hybridized carbons (Fsp3) is 0.524. The van der Waals surface area contributed by atoms with Crippen LogP contribution >= 0.6 is 23.1 Å². The third kappa shape index (κ3) is 3.04. The maximum absolute atomic E-state index is 13.1. The molecule has 1 aromatic heterocycles. The first-order chi connectivity index (χ1) is 13.5. The van der Waals surface area contributed by atoms with E-state index in [4.69, 9.17) is 0 Å². The van der Waals surface area contributed by atoms with Crippen LogP contribution in [0.1, 0.15) is 25.3 Å². The van der Waals surface area contributed by atoms with Crippen molar-refractivity contribution in [2.75, 3.05) is 31.9 Å². The second kappa shape index (κ2) is 7.04. The van der Waals surface area contributed by atoms with E-state index >= 15 is 0 Å². The van der Waals surface area contributed by atoms with Crippen molar-refractivity contribution in [3.05, 3.63) is 35.2 Å². The van der Waals surface area contributed by atoms with Gasteiger partial charge in [0, 0.05) is 49.6 Å². The molecule has 0 aliphatic carbocycles. The molecule has 0 bridgehead atoms. The van der Waals surface area contributed by atoms with Gasteiger partial charge in [0.1, 0.15) is 6.04 Å². The van der Waals surface area contributed by atoms with Gasteiger partial charge in [-0.2, -0.15) is 0 Å². The summed E-state index contributed by atoms with van der Waals surface area (Å²) in [5, 5.41) is 3.61. The Hall–Kier alpha value is -1.57. The predicted octanol–water partition coefficient (Wildman–Crippen LogP) is 3.00. The molecule has 3 aliphatic rings. The van der Waals surface area contributed by atoms with Gasteiger partial charge in [-0.05, 0) is 35.7 Å². The van der Waals surface area contributed by atoms with Crippen LogP contribution in [0.15, 0.2) is 29.6 Å². The molecule has 3 fully saturated rings. The van der Waals surface area contributed by atoms with E-state index in [-0.39, 0.29) is 22.7 Å². The first-order valence-electron chi connectivity index (χ1n) is 9.97. The normalized spacial score (nSPS) is 28.3. The molecule has 0 N–H and O–H groups in total. The molecule has 3 aliphatic heterocycles. The van der Waals surface area contributed by atoms with Crippen LogP contribution in [0, 0.1) is 0 Å². The van der Waals surface area contributed by atoms with E-state index < -0.39 is 0 Å².